The molecule has 1 aliphatic rings. The molecule has 1 nitrogen and oxygen atoms in total. The molecule has 1 atom stereocenters. The molecular weight excluding hydrogens is 196 g/mol. The van der Waals surface area contributed by atoms with E-state index in [1.807, 2.05) is 66.8 Å². The van der Waals surface area contributed by atoms with Crippen molar-refractivity contribution in [3.8, 4) is 0 Å². The number of benzene rings is 1. The van der Waals surface area contributed by atoms with Crippen LogP contribution < -0.4 is 0 Å². The molecule has 0 fully saturated rings. The highest BCUT2D eigenvalue weighted by atomic mass is 16.3. The minimum Gasteiger partial charge on any atom is -0.384 e. The first-order valence-electron chi connectivity index (χ1n) is 5.32. The molecule has 1 aromatic rings. The summed E-state index contributed by atoms with van der Waals surface area (Å²) in [5, 5.41) is 9.63. The lowest BCUT2D eigenvalue weighted by Crippen LogP contribution is -2.06. The second-order valence-corrected chi connectivity index (χ2v) is 3.63. The van der Waals surface area contributed by atoms with E-state index in [-0.39, 0.29) is 0 Å². The van der Waals surface area contributed by atoms with Gasteiger partial charge in [-0.15, -0.1) is 0 Å². The van der Waals surface area contributed by atoms with Crippen LogP contribution in [0.5, 0.6) is 0 Å². The Labute approximate surface area is 95.7 Å². The lowest BCUT2D eigenvalue weighted by atomic mass is 10.0. The lowest BCUT2D eigenvalue weighted by Gasteiger charge is -2.08. The standard InChI is InChI=1S/C15H14O/c16-15-12-5-4-10-14(15)11-6-9-13-7-2-1-3-8-13/h1-12,15-16H/b9-6+,14-11+. The molecule has 1 heteroatoms. The second-order valence-electron chi connectivity index (χ2n) is 3.63. The monoisotopic (exact) mass is 210 g/mol. The fourth-order valence-corrected chi connectivity index (χ4v) is 1.53. The van der Waals surface area contributed by atoms with Crippen LogP contribution in [-0.2, 0) is 0 Å². The minimum absolute atomic E-state index is 0.481. The van der Waals surface area contributed by atoms with Gasteiger partial charge in [0.05, 0.1) is 6.10 Å². The second kappa shape index (κ2) is 5.29. The van der Waals surface area contributed by atoms with E-state index in [4.69, 9.17) is 0 Å². The summed E-state index contributed by atoms with van der Waals surface area (Å²) in [5.41, 5.74) is 2.07. The Hall–Kier alpha value is -1.86. The lowest BCUT2D eigenvalue weighted by molar-refractivity contribution is 0.262. The Bertz CT molecular complexity index is 450. The zero-order valence-corrected chi connectivity index (χ0v) is 8.95. The van der Waals surface area contributed by atoms with E-state index < -0.39 is 6.10 Å². The molecule has 80 valence electrons. The summed E-state index contributed by atoms with van der Waals surface area (Å²) >= 11 is 0. The zero-order chi connectivity index (χ0) is 11.2. The van der Waals surface area contributed by atoms with Crippen LogP contribution in [-0.4, -0.2) is 11.2 Å². The van der Waals surface area contributed by atoms with Crippen molar-refractivity contribution in [2.45, 2.75) is 6.10 Å². The van der Waals surface area contributed by atoms with Crippen molar-refractivity contribution in [2.75, 3.05) is 0 Å². The molecule has 0 aromatic heterocycles. The number of hydrogen-bond donors (Lipinski definition) is 1. The fraction of sp³-hybridized carbons (Fsp3) is 0.0667. The molecule has 1 aliphatic carbocycles. The van der Waals surface area contributed by atoms with Gasteiger partial charge in [-0.3, -0.25) is 0 Å². The Morgan fingerprint density at radius 3 is 2.62 bits per heavy atom. The van der Waals surface area contributed by atoms with Crippen molar-refractivity contribution in [3.05, 3.63) is 77.9 Å². The Balaban J connectivity index is 2.06. The quantitative estimate of drug-likeness (QED) is 0.795. The normalized spacial score (nSPS) is 22.1. The van der Waals surface area contributed by atoms with Gasteiger partial charge in [-0.25, -0.2) is 0 Å². The van der Waals surface area contributed by atoms with Gasteiger partial charge in [0.1, 0.15) is 0 Å². The van der Waals surface area contributed by atoms with Crippen LogP contribution in [0.3, 0.4) is 0 Å². The first kappa shape index (κ1) is 10.7. The first-order chi connectivity index (χ1) is 7.86. The van der Waals surface area contributed by atoms with E-state index in [0.29, 0.717) is 0 Å². The maximum absolute atomic E-state index is 9.63. The zero-order valence-electron chi connectivity index (χ0n) is 8.95. The molecule has 16 heavy (non-hydrogen) atoms. The number of hydrogen-bond acceptors (Lipinski definition) is 1. The topological polar surface area (TPSA) is 20.2 Å². The van der Waals surface area contributed by atoms with E-state index in [1.165, 1.54) is 0 Å². The molecule has 0 heterocycles. The predicted octanol–water partition coefficient (Wildman–Crippen LogP) is 3.11. The first-order valence-corrected chi connectivity index (χ1v) is 5.32. The van der Waals surface area contributed by atoms with Gasteiger partial charge in [-0.05, 0) is 11.1 Å². The van der Waals surface area contributed by atoms with Crippen LogP contribution in [0.4, 0.5) is 0 Å². The van der Waals surface area contributed by atoms with Crippen LogP contribution >= 0.6 is 0 Å². The van der Waals surface area contributed by atoms with Gasteiger partial charge in [-0.2, -0.15) is 0 Å². The van der Waals surface area contributed by atoms with Crippen molar-refractivity contribution >= 4 is 6.08 Å². The molecule has 0 radical (unpaired) electrons. The van der Waals surface area contributed by atoms with Crippen LogP contribution in [0.15, 0.2) is 72.4 Å². The molecule has 0 saturated heterocycles. The molecule has 1 aromatic carbocycles. The summed E-state index contributed by atoms with van der Waals surface area (Å²) in [5.74, 6) is 0. The fourth-order valence-electron chi connectivity index (χ4n) is 1.53. The molecule has 0 spiro atoms. The van der Waals surface area contributed by atoms with Crippen molar-refractivity contribution in [2.24, 2.45) is 0 Å². The van der Waals surface area contributed by atoms with Crippen molar-refractivity contribution < 1.29 is 5.11 Å². The molecule has 0 amide bonds. The molecule has 0 bridgehead atoms. The summed E-state index contributed by atoms with van der Waals surface area (Å²) in [6.45, 7) is 0. The van der Waals surface area contributed by atoms with E-state index >= 15 is 0 Å². The predicted molar refractivity (Wildman–Crippen MR) is 67.8 cm³/mol. The van der Waals surface area contributed by atoms with Gasteiger partial charge in [-0.1, -0.05) is 72.9 Å². The van der Waals surface area contributed by atoms with Crippen LogP contribution in [0, 0.1) is 0 Å². The molecule has 1 N–H and O–H groups in total. The highest BCUT2D eigenvalue weighted by Gasteiger charge is 2.04. The van der Waals surface area contributed by atoms with Crippen molar-refractivity contribution in [1.82, 2.24) is 0 Å². The van der Waals surface area contributed by atoms with Crippen molar-refractivity contribution in [3.63, 3.8) is 0 Å². The molecule has 0 saturated carbocycles. The molecule has 1 unspecified atom stereocenters. The number of allylic oxidation sites excluding steroid dienone is 4. The SMILES string of the molecule is OC1C=CC=C/C1=C\C=C\c1ccccc1. The highest BCUT2D eigenvalue weighted by Crippen LogP contribution is 2.11. The molecule has 2 rings (SSSR count). The van der Waals surface area contributed by atoms with Gasteiger partial charge < -0.3 is 5.11 Å². The minimum atomic E-state index is -0.481. The number of aliphatic hydroxyl groups excluding tert-OH is 1. The van der Waals surface area contributed by atoms with Gasteiger partial charge in [0, 0.05) is 0 Å². The summed E-state index contributed by atoms with van der Waals surface area (Å²) < 4.78 is 0. The largest absolute Gasteiger partial charge is 0.384 e. The highest BCUT2D eigenvalue weighted by molar-refractivity contribution is 5.52. The van der Waals surface area contributed by atoms with Crippen LogP contribution in [0.25, 0.3) is 6.08 Å². The van der Waals surface area contributed by atoms with Gasteiger partial charge in [0.25, 0.3) is 0 Å². The third-order valence-electron chi connectivity index (χ3n) is 2.41. The van der Waals surface area contributed by atoms with Gasteiger partial charge in [0.2, 0.25) is 0 Å². The molecular formula is C15H14O. The summed E-state index contributed by atoms with van der Waals surface area (Å²) in [7, 11) is 0. The van der Waals surface area contributed by atoms with Gasteiger partial charge >= 0.3 is 0 Å². The van der Waals surface area contributed by atoms with E-state index in [2.05, 4.69) is 0 Å². The number of aliphatic hydroxyl groups is 1. The van der Waals surface area contributed by atoms with Crippen LogP contribution in [0.1, 0.15) is 5.56 Å². The Kier molecular flexibility index (Phi) is 3.52. The maximum atomic E-state index is 9.63. The smallest absolute Gasteiger partial charge is 0.0974 e. The van der Waals surface area contributed by atoms with Crippen LogP contribution in [0.2, 0.25) is 0 Å². The summed E-state index contributed by atoms with van der Waals surface area (Å²) in [6, 6.07) is 10.1. The average Bonchev–Trinajstić information content (AvgIpc) is 2.33. The van der Waals surface area contributed by atoms with Crippen molar-refractivity contribution in [1.29, 1.82) is 0 Å². The summed E-state index contributed by atoms with van der Waals surface area (Å²) in [4.78, 5) is 0. The Morgan fingerprint density at radius 1 is 1.06 bits per heavy atom. The van der Waals surface area contributed by atoms with Gasteiger partial charge in [0.15, 0.2) is 0 Å². The van der Waals surface area contributed by atoms with E-state index in [0.717, 1.165) is 11.1 Å². The van der Waals surface area contributed by atoms with E-state index in [1.54, 1.807) is 6.08 Å². The molecule has 0 aliphatic heterocycles. The maximum Gasteiger partial charge on any atom is 0.0974 e. The third-order valence-corrected chi connectivity index (χ3v) is 2.41. The third kappa shape index (κ3) is 2.81. The Morgan fingerprint density at radius 2 is 1.88 bits per heavy atom. The number of rotatable bonds is 2. The average molecular weight is 210 g/mol. The summed E-state index contributed by atoms with van der Waals surface area (Å²) in [6.07, 6.45) is 12.9. The van der Waals surface area contributed by atoms with E-state index in [9.17, 15) is 5.11 Å².